The summed E-state index contributed by atoms with van der Waals surface area (Å²) in [6.45, 7) is 6.83. The van der Waals surface area contributed by atoms with Crippen molar-refractivity contribution in [3.63, 3.8) is 0 Å². The first-order valence-electron chi connectivity index (χ1n) is 4.75. The summed E-state index contributed by atoms with van der Waals surface area (Å²) in [4.78, 5) is 15.4. The lowest BCUT2D eigenvalue weighted by atomic mass is 10.0. The molecule has 1 amide bonds. The van der Waals surface area contributed by atoms with Gasteiger partial charge in [-0.2, -0.15) is 0 Å². The Bertz CT molecular complexity index is 223. The van der Waals surface area contributed by atoms with Gasteiger partial charge in [0, 0.05) is 6.54 Å². The lowest BCUT2D eigenvalue weighted by Crippen LogP contribution is -2.30. The maximum absolute atomic E-state index is 11.3. The average Bonchev–Trinajstić information content (AvgIpc) is 2.31. The fourth-order valence-electron chi connectivity index (χ4n) is 1.35. The van der Waals surface area contributed by atoms with Gasteiger partial charge in [-0.05, 0) is 19.3 Å². The van der Waals surface area contributed by atoms with Gasteiger partial charge in [0.15, 0.2) is 5.96 Å². The molecule has 0 radical (unpaired) electrons. The van der Waals surface area contributed by atoms with Crippen LogP contribution in [-0.4, -0.2) is 24.5 Å². The molecule has 0 aliphatic carbocycles. The fraction of sp³-hybridized carbons (Fsp3) is 0.778. The van der Waals surface area contributed by atoms with E-state index in [4.69, 9.17) is 0 Å². The SMILES string of the molecule is CCN=C1NC(=O)C(CC(C)C)N1. The van der Waals surface area contributed by atoms with Gasteiger partial charge in [0.05, 0.1) is 0 Å². The zero-order chi connectivity index (χ0) is 9.84. The van der Waals surface area contributed by atoms with Gasteiger partial charge in [0.25, 0.3) is 0 Å². The third-order valence-electron chi connectivity index (χ3n) is 1.89. The molecule has 1 unspecified atom stereocenters. The number of rotatable bonds is 3. The molecule has 0 aromatic carbocycles. The van der Waals surface area contributed by atoms with E-state index in [2.05, 4.69) is 29.5 Å². The van der Waals surface area contributed by atoms with Gasteiger partial charge in [-0.1, -0.05) is 13.8 Å². The predicted octanol–water partition coefficient (Wildman–Crippen LogP) is 0.496. The lowest BCUT2D eigenvalue weighted by molar-refractivity contribution is -0.120. The van der Waals surface area contributed by atoms with Crippen LogP contribution < -0.4 is 10.6 Å². The Morgan fingerprint density at radius 2 is 2.23 bits per heavy atom. The third-order valence-corrected chi connectivity index (χ3v) is 1.89. The molecule has 1 aliphatic rings. The first-order chi connectivity index (χ1) is 6.13. The van der Waals surface area contributed by atoms with Crippen molar-refractivity contribution < 1.29 is 4.79 Å². The normalized spacial score (nSPS) is 25.1. The minimum atomic E-state index is -0.0923. The Morgan fingerprint density at radius 1 is 1.54 bits per heavy atom. The van der Waals surface area contributed by atoms with Crippen molar-refractivity contribution in [3.05, 3.63) is 0 Å². The minimum absolute atomic E-state index is 0.0425. The van der Waals surface area contributed by atoms with E-state index in [1.54, 1.807) is 0 Å². The van der Waals surface area contributed by atoms with Crippen molar-refractivity contribution in [2.75, 3.05) is 6.54 Å². The van der Waals surface area contributed by atoms with E-state index >= 15 is 0 Å². The monoisotopic (exact) mass is 183 g/mol. The molecule has 4 heteroatoms. The summed E-state index contributed by atoms with van der Waals surface area (Å²) in [5.41, 5.74) is 0. The van der Waals surface area contributed by atoms with E-state index in [0.29, 0.717) is 18.4 Å². The summed E-state index contributed by atoms with van der Waals surface area (Å²) < 4.78 is 0. The molecular formula is C9H17N3O. The highest BCUT2D eigenvalue weighted by molar-refractivity contribution is 6.06. The Hall–Kier alpha value is -1.06. The number of nitrogens with one attached hydrogen (secondary N) is 2. The van der Waals surface area contributed by atoms with Crippen LogP contribution in [0, 0.1) is 5.92 Å². The van der Waals surface area contributed by atoms with Gasteiger partial charge in [-0.15, -0.1) is 0 Å². The van der Waals surface area contributed by atoms with Gasteiger partial charge in [-0.3, -0.25) is 15.1 Å². The predicted molar refractivity (Wildman–Crippen MR) is 52.5 cm³/mol. The van der Waals surface area contributed by atoms with Gasteiger partial charge < -0.3 is 5.32 Å². The summed E-state index contributed by atoms with van der Waals surface area (Å²) in [6, 6.07) is -0.0923. The van der Waals surface area contributed by atoms with Crippen LogP contribution >= 0.6 is 0 Å². The molecular weight excluding hydrogens is 166 g/mol. The van der Waals surface area contributed by atoms with Gasteiger partial charge >= 0.3 is 0 Å². The molecule has 0 saturated carbocycles. The highest BCUT2D eigenvalue weighted by Gasteiger charge is 2.28. The summed E-state index contributed by atoms with van der Waals surface area (Å²) in [7, 11) is 0. The molecule has 1 atom stereocenters. The van der Waals surface area contributed by atoms with Crippen molar-refractivity contribution in [1.82, 2.24) is 10.6 Å². The summed E-state index contributed by atoms with van der Waals surface area (Å²) in [5, 5.41) is 5.77. The van der Waals surface area contributed by atoms with Gasteiger partial charge in [0.2, 0.25) is 5.91 Å². The zero-order valence-corrected chi connectivity index (χ0v) is 8.42. The number of aliphatic imine (C=N–C) groups is 1. The Labute approximate surface area is 78.8 Å². The zero-order valence-electron chi connectivity index (χ0n) is 8.42. The second kappa shape index (κ2) is 4.25. The molecule has 0 aromatic heterocycles. The largest absolute Gasteiger partial charge is 0.344 e. The molecule has 1 aliphatic heterocycles. The van der Waals surface area contributed by atoms with E-state index in [0.717, 1.165) is 6.42 Å². The Balaban J connectivity index is 2.51. The lowest BCUT2D eigenvalue weighted by Gasteiger charge is -2.09. The smallest absolute Gasteiger partial charge is 0.249 e. The van der Waals surface area contributed by atoms with E-state index in [1.807, 2.05) is 6.92 Å². The Kier molecular flexibility index (Phi) is 3.28. The number of guanidine groups is 1. The third kappa shape index (κ3) is 2.72. The molecule has 74 valence electrons. The quantitative estimate of drug-likeness (QED) is 0.669. The molecule has 1 rings (SSSR count). The van der Waals surface area contributed by atoms with Crippen LogP contribution in [0.4, 0.5) is 0 Å². The van der Waals surface area contributed by atoms with Crippen LogP contribution in [0.15, 0.2) is 4.99 Å². The molecule has 0 bridgehead atoms. The van der Waals surface area contributed by atoms with Crippen LogP contribution in [0.5, 0.6) is 0 Å². The van der Waals surface area contributed by atoms with Crippen LogP contribution in [0.3, 0.4) is 0 Å². The minimum Gasteiger partial charge on any atom is -0.344 e. The summed E-state index contributed by atoms with van der Waals surface area (Å²) in [5.74, 6) is 1.18. The molecule has 1 saturated heterocycles. The van der Waals surface area contributed by atoms with Crippen molar-refractivity contribution in [3.8, 4) is 0 Å². The molecule has 0 spiro atoms. The average molecular weight is 183 g/mol. The van der Waals surface area contributed by atoms with Crippen LogP contribution in [0.25, 0.3) is 0 Å². The molecule has 4 nitrogen and oxygen atoms in total. The maximum Gasteiger partial charge on any atom is 0.249 e. The van der Waals surface area contributed by atoms with E-state index < -0.39 is 0 Å². The van der Waals surface area contributed by atoms with Crippen molar-refractivity contribution >= 4 is 11.9 Å². The van der Waals surface area contributed by atoms with Crippen molar-refractivity contribution in [1.29, 1.82) is 0 Å². The standard InChI is InChI=1S/C9H17N3O/c1-4-10-9-11-7(5-6(2)3)8(13)12-9/h6-7H,4-5H2,1-3H3,(H2,10,11,12,13). The molecule has 1 fully saturated rings. The van der Waals surface area contributed by atoms with Crippen molar-refractivity contribution in [2.45, 2.75) is 33.2 Å². The fourth-order valence-corrected chi connectivity index (χ4v) is 1.35. The van der Waals surface area contributed by atoms with Gasteiger partial charge in [-0.25, -0.2) is 0 Å². The van der Waals surface area contributed by atoms with Crippen molar-refractivity contribution in [2.24, 2.45) is 10.9 Å². The first kappa shape index (κ1) is 10.0. The number of hydrogen-bond acceptors (Lipinski definition) is 2. The van der Waals surface area contributed by atoms with E-state index in [-0.39, 0.29) is 11.9 Å². The summed E-state index contributed by atoms with van der Waals surface area (Å²) in [6.07, 6.45) is 0.856. The second-order valence-electron chi connectivity index (χ2n) is 3.64. The molecule has 13 heavy (non-hydrogen) atoms. The second-order valence-corrected chi connectivity index (χ2v) is 3.64. The Morgan fingerprint density at radius 3 is 2.77 bits per heavy atom. The molecule has 2 N–H and O–H groups in total. The maximum atomic E-state index is 11.3. The summed E-state index contributed by atoms with van der Waals surface area (Å²) >= 11 is 0. The number of hydrogen-bond donors (Lipinski definition) is 2. The van der Waals surface area contributed by atoms with E-state index in [9.17, 15) is 4.79 Å². The number of carbonyl (C=O) groups excluding carboxylic acids is 1. The number of carbonyl (C=O) groups is 1. The highest BCUT2D eigenvalue weighted by atomic mass is 16.2. The first-order valence-corrected chi connectivity index (χ1v) is 4.75. The van der Waals surface area contributed by atoms with Gasteiger partial charge in [0.1, 0.15) is 6.04 Å². The number of amides is 1. The van der Waals surface area contributed by atoms with Crippen LogP contribution in [0.1, 0.15) is 27.2 Å². The molecule has 0 aromatic rings. The highest BCUT2D eigenvalue weighted by Crippen LogP contribution is 2.07. The van der Waals surface area contributed by atoms with E-state index in [1.165, 1.54) is 0 Å². The van der Waals surface area contributed by atoms with Crippen LogP contribution in [-0.2, 0) is 4.79 Å². The topological polar surface area (TPSA) is 53.5 Å². The number of nitrogens with zero attached hydrogens (tertiary/aromatic N) is 1. The molecule has 1 heterocycles. The van der Waals surface area contributed by atoms with Crippen LogP contribution in [0.2, 0.25) is 0 Å².